The number of aliphatic carboxylic acids is 4. The third kappa shape index (κ3) is 17.2. The lowest BCUT2D eigenvalue weighted by Gasteiger charge is -2.47. The first-order valence-electron chi connectivity index (χ1n) is 34.9. The fourth-order valence-electron chi connectivity index (χ4n) is 14.0. The lowest BCUT2D eigenvalue weighted by atomic mass is 10.0. The second-order valence-corrected chi connectivity index (χ2v) is 27.1. The van der Waals surface area contributed by atoms with Gasteiger partial charge in [0, 0.05) is 97.4 Å². The van der Waals surface area contributed by atoms with E-state index in [1.807, 2.05) is 24.1 Å². The number of nitrogens with one attached hydrogen (secondary N) is 10. The number of hydrogen-bond donors (Lipinski definition) is 18. The van der Waals surface area contributed by atoms with Gasteiger partial charge < -0.3 is 83.8 Å². The summed E-state index contributed by atoms with van der Waals surface area (Å²) in [5, 5.41) is 90.8. The minimum absolute atomic E-state index is 0.147. The quantitative estimate of drug-likeness (QED) is 0.0397. The highest BCUT2D eigenvalue weighted by Gasteiger charge is 2.59. The van der Waals surface area contributed by atoms with Crippen LogP contribution in [0.4, 0.5) is 22.7 Å². The van der Waals surface area contributed by atoms with Crippen molar-refractivity contribution in [3.05, 3.63) is 119 Å². The van der Waals surface area contributed by atoms with Crippen molar-refractivity contribution in [1.82, 2.24) is 51.5 Å². The van der Waals surface area contributed by atoms with E-state index in [1.165, 1.54) is 24.3 Å². The van der Waals surface area contributed by atoms with Crippen LogP contribution >= 0.6 is 0 Å². The predicted molar refractivity (Wildman–Crippen MR) is 410 cm³/mol. The first-order valence-corrected chi connectivity index (χ1v) is 34.9. The van der Waals surface area contributed by atoms with E-state index < -0.39 is 83.1 Å². The van der Waals surface area contributed by atoms with Crippen LogP contribution in [0.3, 0.4) is 0 Å². The molecule has 112 heavy (non-hydrogen) atoms. The Kier molecular flexibility index (Phi) is 23.8. The van der Waals surface area contributed by atoms with Crippen molar-refractivity contribution in [1.29, 1.82) is 10.8 Å². The molecule has 42 heteroatoms. The van der Waals surface area contributed by atoms with E-state index >= 15 is 0 Å². The fourth-order valence-corrected chi connectivity index (χ4v) is 14.0. The van der Waals surface area contributed by atoms with Crippen LogP contribution in [0.1, 0.15) is 67.1 Å². The summed E-state index contributed by atoms with van der Waals surface area (Å²) in [5.41, 5.74) is 14.9. The summed E-state index contributed by atoms with van der Waals surface area (Å²) in [5.74, 6) is -6.25. The van der Waals surface area contributed by atoms with Crippen molar-refractivity contribution < 1.29 is 78.6 Å². The zero-order chi connectivity index (χ0) is 80.6. The number of carboxylic acid groups (broad SMARTS) is 6. The van der Waals surface area contributed by atoms with Crippen molar-refractivity contribution in [3.63, 3.8) is 0 Å². The Morgan fingerprint density at radius 3 is 1.21 bits per heavy atom. The Morgan fingerprint density at radius 1 is 0.509 bits per heavy atom. The van der Waals surface area contributed by atoms with Crippen LogP contribution in [0.15, 0.2) is 137 Å². The number of carbonyl (C=O) groups is 10. The number of hydrogen-bond acceptors (Lipinski definition) is 30. The van der Waals surface area contributed by atoms with Crippen LogP contribution in [0.25, 0.3) is 0 Å². The van der Waals surface area contributed by atoms with Crippen LogP contribution in [-0.2, 0) is 28.8 Å². The standard InChI is InChI=1S/C20H23N7O6.C20H25N7O5.C15H16N6O3.C15H18N6O2/c1-27-12(9-23-16-15(27)18(31)26-20(21)25-16)8-22-11-4-2-10(3-5-11)17(30)24-13(19(32)33)6-7-14(28)29;1-26-13-8-22-18-20(26,10-23-19(21)25-18)27(9-13)12-4-2-11(3-5-12)16(30)24-14(17(31)32)6-7-15(28)29;1-21-10(6-17-9-4-2-8(3-5-9)14(23)24)7-18-12-11(21)13(22)20-15(16)19-12;1-20-11-6-17-13-15(20,8-18-14(16)19-13)21(7-11)10-4-2-9(3-5-10)12(22)23/h2-5,9,12-13,15,22H,6-8H2,1H3,(H,24,30)(H,28,29)(H,32,33)(H2,21,26,31);2-5,13-14H,6-10H2,1H3,(H,24,30)(H,28,29)(H,31,32)(H3,21,22,23,25);2-5,7,10-11,17H,6H2,1H3,(H,23,24)(H2,16,20,22);2-5,11H,6-8H2,1H3,(H,22,23)(H3,16,17,18,19)/t12-,13+,15?;;10-,11?;/m0.0./s1. The summed E-state index contributed by atoms with van der Waals surface area (Å²) in [4.78, 5) is 162. The highest BCUT2D eigenvalue weighted by Crippen LogP contribution is 2.41. The van der Waals surface area contributed by atoms with Crippen molar-refractivity contribution in [3.8, 4) is 0 Å². The number of amides is 4. The molecule has 10 aliphatic rings. The number of guanidine groups is 4. The number of anilines is 4. The number of benzene rings is 4. The highest BCUT2D eigenvalue weighted by molar-refractivity contribution is 6.22. The van der Waals surface area contributed by atoms with E-state index in [0.29, 0.717) is 68.8 Å². The molecule has 0 radical (unpaired) electrons. The minimum Gasteiger partial charge on any atom is -0.481 e. The van der Waals surface area contributed by atoms with Gasteiger partial charge in [-0.25, -0.2) is 39.1 Å². The Hall–Kier alpha value is -13.5. The second kappa shape index (κ2) is 33.6. The molecule has 20 N–H and O–H groups in total. The molecule has 2 spiro atoms. The summed E-state index contributed by atoms with van der Waals surface area (Å²) < 4.78 is 0. The van der Waals surface area contributed by atoms with E-state index in [2.05, 4.69) is 109 Å². The number of fused-ring (bicyclic) bond motifs is 4. The van der Waals surface area contributed by atoms with Crippen LogP contribution < -0.4 is 63.8 Å². The number of carboxylic acids is 6. The van der Waals surface area contributed by atoms with Gasteiger partial charge in [0.15, 0.2) is 47.0 Å². The number of nitrogens with zero attached hydrogens (tertiary/aromatic N) is 14. The number of likely N-dealkylation sites (N-methyl/N-ethyl adjacent to an activating group) is 4. The van der Waals surface area contributed by atoms with Gasteiger partial charge in [-0.05, 0) is 138 Å². The van der Waals surface area contributed by atoms with Gasteiger partial charge in [0.25, 0.3) is 23.6 Å². The number of aliphatic imine (C=N–C) groups is 8. The Balaban J connectivity index is 0.000000149. The summed E-state index contributed by atoms with van der Waals surface area (Å²) in [7, 11) is 7.65. The lowest BCUT2D eigenvalue weighted by molar-refractivity contribution is -0.142. The van der Waals surface area contributed by atoms with E-state index in [-0.39, 0.29) is 95.6 Å². The molecular formula is C70H82N26O16. The molecule has 10 atom stereocenters. The maximum atomic E-state index is 12.5. The van der Waals surface area contributed by atoms with E-state index in [0.717, 1.165) is 41.8 Å². The van der Waals surface area contributed by atoms with Gasteiger partial charge in [0.05, 0.1) is 49.4 Å². The monoisotopic (exact) mass is 1540 g/mol. The smallest absolute Gasteiger partial charge is 0.335 e. The zero-order valence-electron chi connectivity index (χ0n) is 60.7. The van der Waals surface area contributed by atoms with Crippen LogP contribution in [0, 0.1) is 10.8 Å². The molecule has 2 fully saturated rings. The average molecular weight is 1540 g/mol. The number of rotatable bonds is 22. The molecule has 4 aromatic rings. The number of amidine groups is 4. The molecule has 10 heterocycles. The Morgan fingerprint density at radius 2 is 0.857 bits per heavy atom. The predicted octanol–water partition coefficient (Wildman–Crippen LogP) is -2.21. The molecule has 4 aromatic carbocycles. The molecule has 4 amide bonds. The van der Waals surface area contributed by atoms with Crippen LogP contribution in [0.5, 0.6) is 0 Å². The number of aromatic carboxylic acids is 2. The lowest BCUT2D eigenvalue weighted by Crippen LogP contribution is -2.70. The number of nitrogens with two attached hydrogens (primary N) is 2. The summed E-state index contributed by atoms with van der Waals surface area (Å²) in [6, 6.07) is 22.7. The third-order valence-corrected chi connectivity index (χ3v) is 20.3. The zero-order valence-corrected chi connectivity index (χ0v) is 60.7. The van der Waals surface area contributed by atoms with Gasteiger partial charge >= 0.3 is 35.8 Å². The molecule has 42 nitrogen and oxygen atoms in total. The SMILES string of the molecule is CN1C2C(=O)NC(=N)N=C2N=C[C@@H]1CNc1ccc(C(=O)N[C@H](CCC(=O)O)C(=O)O)cc1.CN1C2C(=O)NC(=N)N=C2N=C[C@@H]1CNc1ccc(C(=O)O)cc1.CN1C2CN=C3NC(N)=NCC31N(c1ccc(C(=O)NC(CCC(=O)O)C(=O)O)cc1)C2.CN1C2CN=C3NC(N)=NCC31N(c1ccc(C(=O)O)cc1)C2. The maximum absolute atomic E-state index is 12.5. The molecule has 0 aliphatic carbocycles. The van der Waals surface area contributed by atoms with Crippen LogP contribution in [-0.4, -0.2) is 310 Å². The van der Waals surface area contributed by atoms with Crippen molar-refractivity contribution >= 4 is 142 Å². The summed E-state index contributed by atoms with van der Waals surface area (Å²) in [6.45, 7) is 4.68. The molecule has 14 rings (SSSR count). The minimum atomic E-state index is -1.31. The van der Waals surface area contributed by atoms with Crippen molar-refractivity contribution in [2.75, 3.05) is 101 Å². The van der Waals surface area contributed by atoms with Gasteiger partial charge in [0.2, 0.25) is 11.9 Å². The van der Waals surface area contributed by atoms with Crippen molar-refractivity contribution in [2.24, 2.45) is 51.4 Å². The fraction of sp³-hybridized carbons (Fsp3) is 0.371. The first-order chi connectivity index (χ1) is 53.3. The van der Waals surface area contributed by atoms with Crippen molar-refractivity contribution in [2.45, 2.75) is 85.3 Å². The molecule has 0 saturated carbocycles. The van der Waals surface area contributed by atoms with Crippen LogP contribution in [0.2, 0.25) is 0 Å². The maximum Gasteiger partial charge on any atom is 0.335 e. The Bertz CT molecular complexity index is 4690. The second-order valence-electron chi connectivity index (χ2n) is 27.1. The largest absolute Gasteiger partial charge is 0.481 e. The van der Waals surface area contributed by atoms with Gasteiger partial charge in [-0.3, -0.25) is 79.8 Å². The van der Waals surface area contributed by atoms with E-state index in [4.69, 9.17) is 47.8 Å². The van der Waals surface area contributed by atoms with E-state index in [1.54, 1.807) is 92.1 Å². The molecule has 588 valence electrons. The van der Waals surface area contributed by atoms with Gasteiger partial charge in [-0.15, -0.1) is 0 Å². The van der Waals surface area contributed by atoms with Gasteiger partial charge in [0.1, 0.15) is 23.8 Å². The highest BCUT2D eigenvalue weighted by atomic mass is 16.4. The topological polar surface area (TPSA) is 606 Å². The van der Waals surface area contributed by atoms with Gasteiger partial charge in [-0.2, -0.15) is 9.98 Å². The molecule has 2 saturated heterocycles. The molecule has 10 aliphatic heterocycles. The molecule has 0 aromatic heterocycles. The average Bonchev–Trinajstić information content (AvgIpc) is 1.55. The van der Waals surface area contributed by atoms with E-state index in [9.17, 15) is 53.1 Å². The molecule has 4 bridgehead atoms. The Labute approximate surface area is 637 Å². The third-order valence-electron chi connectivity index (χ3n) is 20.3. The summed E-state index contributed by atoms with van der Waals surface area (Å²) in [6.07, 6.45) is 2.17. The summed E-state index contributed by atoms with van der Waals surface area (Å²) >= 11 is 0. The van der Waals surface area contributed by atoms with Gasteiger partial charge in [-0.1, -0.05) is 0 Å². The molecular weight excluding hydrogens is 1460 g/mol. The first kappa shape index (κ1) is 79.6. The number of carbonyl (C=O) groups excluding carboxylic acids is 4. The molecule has 7 unspecified atom stereocenters. The normalized spacial score (nSPS) is 24.4.